The highest BCUT2D eigenvalue weighted by Gasteiger charge is 2.20. The number of rotatable bonds is 4. The molecule has 0 fully saturated rings. The third-order valence-electron chi connectivity index (χ3n) is 7.70. The zero-order valence-electron chi connectivity index (χ0n) is 23.0. The molecule has 41 heavy (non-hydrogen) atoms. The number of nitrogens with zero attached hydrogens (tertiary/aromatic N) is 6. The van der Waals surface area contributed by atoms with Gasteiger partial charge in [-0.3, -0.25) is 9.36 Å². The van der Waals surface area contributed by atoms with Gasteiger partial charge in [-0.25, -0.2) is 19.6 Å². The molecule has 0 aliphatic carbocycles. The summed E-state index contributed by atoms with van der Waals surface area (Å²) in [6.45, 7) is 6.30. The summed E-state index contributed by atoms with van der Waals surface area (Å²) >= 11 is 0. The van der Waals surface area contributed by atoms with Gasteiger partial charge in [-0.2, -0.15) is 5.10 Å². The zero-order valence-corrected chi connectivity index (χ0v) is 23.0. The van der Waals surface area contributed by atoms with Gasteiger partial charge in [0.15, 0.2) is 5.65 Å². The standard InChI is InChI=1S/C33H27N7O/c1-19-7-4-5-10-27(19)40-25(16-23-9-6-8-20(2)29(23)33(40)41)17-39-32-30(21(3)35-18-36-32)31(38-39)24-11-13-26-22(15-24)12-14-28(34)37-26/h4-16,18H,17H2,1-3H3,(H2,34,37). The van der Waals surface area contributed by atoms with Crippen molar-refractivity contribution in [3.05, 3.63) is 118 Å². The third-order valence-corrected chi connectivity index (χ3v) is 7.70. The van der Waals surface area contributed by atoms with Crippen molar-refractivity contribution in [2.45, 2.75) is 27.3 Å². The van der Waals surface area contributed by atoms with Crippen LogP contribution >= 0.6 is 0 Å². The molecule has 7 rings (SSSR count). The number of pyridine rings is 2. The Hall–Kier alpha value is -5.37. The Kier molecular flexibility index (Phi) is 5.64. The van der Waals surface area contributed by atoms with Gasteiger partial charge in [0.1, 0.15) is 17.8 Å². The van der Waals surface area contributed by atoms with Crippen molar-refractivity contribution < 1.29 is 0 Å². The van der Waals surface area contributed by atoms with Crippen molar-refractivity contribution in [2.24, 2.45) is 0 Å². The van der Waals surface area contributed by atoms with Crippen molar-refractivity contribution in [1.82, 2.24) is 29.3 Å². The SMILES string of the molecule is Cc1ccccc1-n1c(Cn2nc(-c3ccc4nc(N)ccc4c3)c3c(C)ncnc32)cc2cccc(C)c2c1=O. The van der Waals surface area contributed by atoms with Crippen LogP contribution in [-0.2, 0) is 6.54 Å². The summed E-state index contributed by atoms with van der Waals surface area (Å²) in [6.07, 6.45) is 1.56. The van der Waals surface area contributed by atoms with Crippen LogP contribution in [0.5, 0.6) is 0 Å². The normalized spacial score (nSPS) is 11.6. The predicted octanol–water partition coefficient (Wildman–Crippen LogP) is 5.90. The molecule has 0 amide bonds. The summed E-state index contributed by atoms with van der Waals surface area (Å²) in [5.74, 6) is 0.481. The first kappa shape index (κ1) is 24.7. The van der Waals surface area contributed by atoms with E-state index < -0.39 is 0 Å². The van der Waals surface area contributed by atoms with Gasteiger partial charge >= 0.3 is 0 Å². The average Bonchev–Trinajstić information content (AvgIpc) is 3.33. The van der Waals surface area contributed by atoms with Crippen LogP contribution in [0.3, 0.4) is 0 Å². The fourth-order valence-corrected chi connectivity index (χ4v) is 5.69. The number of para-hydroxylation sites is 1. The molecule has 0 radical (unpaired) electrons. The monoisotopic (exact) mass is 537 g/mol. The largest absolute Gasteiger partial charge is 0.384 e. The molecule has 2 N–H and O–H groups in total. The van der Waals surface area contributed by atoms with Crippen LogP contribution in [-0.4, -0.2) is 29.3 Å². The van der Waals surface area contributed by atoms with Crippen LogP contribution in [0.25, 0.3) is 49.7 Å². The van der Waals surface area contributed by atoms with E-state index in [-0.39, 0.29) is 5.56 Å². The average molecular weight is 538 g/mol. The molecule has 0 spiro atoms. The Labute approximate surface area is 235 Å². The molecule has 0 atom stereocenters. The molecule has 7 aromatic rings. The summed E-state index contributed by atoms with van der Waals surface area (Å²) in [6, 6.07) is 25.7. The fraction of sp³-hybridized carbons (Fsp3) is 0.121. The van der Waals surface area contributed by atoms with E-state index >= 15 is 0 Å². The molecule has 0 bridgehead atoms. The molecule has 3 aromatic carbocycles. The lowest BCUT2D eigenvalue weighted by atomic mass is 10.1. The number of aromatic nitrogens is 6. The minimum atomic E-state index is -0.0475. The molecule has 8 heteroatoms. The van der Waals surface area contributed by atoms with Gasteiger partial charge in [-0.1, -0.05) is 42.5 Å². The number of hydrogen-bond acceptors (Lipinski definition) is 6. The lowest BCUT2D eigenvalue weighted by Crippen LogP contribution is -2.25. The number of fused-ring (bicyclic) bond motifs is 3. The third kappa shape index (κ3) is 4.03. The summed E-state index contributed by atoms with van der Waals surface area (Å²) < 4.78 is 3.69. The highest BCUT2D eigenvalue weighted by Crippen LogP contribution is 2.31. The highest BCUT2D eigenvalue weighted by atomic mass is 16.1. The number of benzene rings is 3. The molecular formula is C33H27N7O. The van der Waals surface area contributed by atoms with E-state index in [0.29, 0.717) is 23.4 Å². The fourth-order valence-electron chi connectivity index (χ4n) is 5.69. The highest BCUT2D eigenvalue weighted by molar-refractivity contribution is 5.96. The molecule has 4 heterocycles. The Balaban J connectivity index is 1.46. The molecule has 0 saturated heterocycles. The van der Waals surface area contributed by atoms with Gasteiger partial charge in [0.25, 0.3) is 5.56 Å². The minimum absolute atomic E-state index is 0.0475. The van der Waals surface area contributed by atoms with E-state index in [9.17, 15) is 4.79 Å². The minimum Gasteiger partial charge on any atom is -0.384 e. The topological polar surface area (TPSA) is 105 Å². The number of nitrogens with two attached hydrogens (primary N) is 1. The van der Waals surface area contributed by atoms with Crippen LogP contribution in [0, 0.1) is 20.8 Å². The second kappa shape index (κ2) is 9.38. The maximum Gasteiger partial charge on any atom is 0.263 e. The van der Waals surface area contributed by atoms with Crippen LogP contribution in [0.2, 0.25) is 0 Å². The van der Waals surface area contributed by atoms with Crippen molar-refractivity contribution in [2.75, 3.05) is 5.73 Å². The summed E-state index contributed by atoms with van der Waals surface area (Å²) in [5, 5.41) is 8.53. The van der Waals surface area contributed by atoms with Crippen molar-refractivity contribution in [3.63, 3.8) is 0 Å². The molecular weight excluding hydrogens is 510 g/mol. The number of hydrogen-bond donors (Lipinski definition) is 1. The first-order valence-corrected chi connectivity index (χ1v) is 13.4. The van der Waals surface area contributed by atoms with E-state index in [0.717, 1.165) is 61.1 Å². The Morgan fingerprint density at radius 1 is 0.805 bits per heavy atom. The second-order valence-corrected chi connectivity index (χ2v) is 10.4. The van der Waals surface area contributed by atoms with Crippen molar-refractivity contribution in [3.8, 4) is 16.9 Å². The molecule has 0 aliphatic heterocycles. The van der Waals surface area contributed by atoms with Gasteiger partial charge in [-0.15, -0.1) is 0 Å². The Morgan fingerprint density at radius 3 is 2.49 bits per heavy atom. The molecule has 0 unspecified atom stereocenters. The van der Waals surface area contributed by atoms with E-state index in [2.05, 4.69) is 27.1 Å². The maximum atomic E-state index is 14.1. The van der Waals surface area contributed by atoms with Gasteiger partial charge in [-0.05, 0) is 73.7 Å². The van der Waals surface area contributed by atoms with Crippen molar-refractivity contribution in [1.29, 1.82) is 0 Å². The lowest BCUT2D eigenvalue weighted by molar-refractivity contribution is 0.671. The second-order valence-electron chi connectivity index (χ2n) is 10.4. The summed E-state index contributed by atoms with van der Waals surface area (Å²) in [5.41, 5.74) is 13.5. The summed E-state index contributed by atoms with van der Waals surface area (Å²) in [7, 11) is 0. The van der Waals surface area contributed by atoms with Crippen LogP contribution in [0.4, 0.5) is 5.82 Å². The quantitative estimate of drug-likeness (QED) is 0.300. The van der Waals surface area contributed by atoms with Gasteiger partial charge < -0.3 is 5.73 Å². The van der Waals surface area contributed by atoms with E-state index in [1.807, 2.05) is 90.7 Å². The lowest BCUT2D eigenvalue weighted by Gasteiger charge is -2.17. The first-order valence-electron chi connectivity index (χ1n) is 13.4. The number of nitrogen functional groups attached to an aromatic ring is 1. The molecule has 0 saturated carbocycles. The van der Waals surface area contributed by atoms with Gasteiger partial charge in [0, 0.05) is 16.6 Å². The van der Waals surface area contributed by atoms with E-state index in [1.54, 1.807) is 12.4 Å². The number of aryl methyl sites for hydroxylation is 3. The Morgan fingerprint density at radius 2 is 1.63 bits per heavy atom. The van der Waals surface area contributed by atoms with Gasteiger partial charge in [0.2, 0.25) is 0 Å². The molecule has 4 aromatic heterocycles. The molecule has 0 aliphatic rings. The summed E-state index contributed by atoms with van der Waals surface area (Å²) in [4.78, 5) is 27.7. The zero-order chi connectivity index (χ0) is 28.2. The van der Waals surface area contributed by atoms with E-state index in [4.69, 9.17) is 10.8 Å². The van der Waals surface area contributed by atoms with Gasteiger partial charge in [0.05, 0.1) is 34.2 Å². The number of anilines is 1. The Bertz CT molecular complexity index is 2210. The van der Waals surface area contributed by atoms with Crippen LogP contribution < -0.4 is 11.3 Å². The van der Waals surface area contributed by atoms with Crippen LogP contribution in [0.15, 0.2) is 90.0 Å². The predicted molar refractivity (Wildman–Crippen MR) is 163 cm³/mol. The van der Waals surface area contributed by atoms with Crippen LogP contribution in [0.1, 0.15) is 22.5 Å². The van der Waals surface area contributed by atoms with E-state index in [1.165, 1.54) is 0 Å². The van der Waals surface area contributed by atoms with Crippen molar-refractivity contribution >= 4 is 38.5 Å². The smallest absolute Gasteiger partial charge is 0.263 e. The molecule has 200 valence electrons. The first-order chi connectivity index (χ1) is 19.9. The maximum absolute atomic E-state index is 14.1. The molecule has 8 nitrogen and oxygen atoms in total.